The Balaban J connectivity index is 2.95. The SMILES string of the molecule is CC(C)Oc1ccc(C(C)(O)C(C)(C)C)cc1. The molecule has 0 aromatic heterocycles. The minimum absolute atomic E-state index is 0.170. The Labute approximate surface area is 105 Å². The summed E-state index contributed by atoms with van der Waals surface area (Å²) in [5.74, 6) is 0.841. The number of benzene rings is 1. The van der Waals surface area contributed by atoms with E-state index in [-0.39, 0.29) is 11.5 Å². The van der Waals surface area contributed by atoms with Crippen molar-refractivity contribution in [3.8, 4) is 5.75 Å². The van der Waals surface area contributed by atoms with Crippen molar-refractivity contribution in [1.82, 2.24) is 0 Å². The molecule has 1 atom stereocenters. The average Bonchev–Trinajstić information content (AvgIpc) is 2.15. The van der Waals surface area contributed by atoms with Crippen molar-refractivity contribution in [3.05, 3.63) is 29.8 Å². The van der Waals surface area contributed by atoms with E-state index in [1.54, 1.807) is 0 Å². The summed E-state index contributed by atoms with van der Waals surface area (Å²) in [7, 11) is 0. The summed E-state index contributed by atoms with van der Waals surface area (Å²) in [5.41, 5.74) is -0.127. The quantitative estimate of drug-likeness (QED) is 0.866. The lowest BCUT2D eigenvalue weighted by molar-refractivity contribution is -0.0470. The van der Waals surface area contributed by atoms with E-state index < -0.39 is 5.60 Å². The fourth-order valence-corrected chi connectivity index (χ4v) is 1.56. The topological polar surface area (TPSA) is 29.5 Å². The van der Waals surface area contributed by atoms with Gasteiger partial charge in [0.25, 0.3) is 0 Å². The first-order valence-electron chi connectivity index (χ1n) is 6.14. The first-order valence-corrected chi connectivity index (χ1v) is 6.14. The molecule has 2 heteroatoms. The van der Waals surface area contributed by atoms with Crippen LogP contribution in [-0.2, 0) is 5.60 Å². The number of hydrogen-bond donors (Lipinski definition) is 1. The van der Waals surface area contributed by atoms with E-state index in [0.29, 0.717) is 0 Å². The van der Waals surface area contributed by atoms with Crippen LogP contribution in [0, 0.1) is 5.41 Å². The third-order valence-electron chi connectivity index (χ3n) is 3.25. The van der Waals surface area contributed by atoms with Crippen molar-refractivity contribution in [2.24, 2.45) is 5.41 Å². The van der Waals surface area contributed by atoms with Gasteiger partial charge in [0, 0.05) is 0 Å². The molecule has 0 bridgehead atoms. The van der Waals surface area contributed by atoms with Gasteiger partial charge in [-0.1, -0.05) is 32.9 Å². The van der Waals surface area contributed by atoms with Crippen molar-refractivity contribution in [3.63, 3.8) is 0 Å². The van der Waals surface area contributed by atoms with E-state index in [0.717, 1.165) is 11.3 Å². The molecule has 0 fully saturated rings. The maximum atomic E-state index is 10.6. The molecule has 0 heterocycles. The Hall–Kier alpha value is -1.02. The lowest BCUT2D eigenvalue weighted by Gasteiger charge is -2.37. The van der Waals surface area contributed by atoms with Gasteiger partial charge < -0.3 is 9.84 Å². The molecule has 0 amide bonds. The molecule has 0 aliphatic heterocycles. The molecule has 0 spiro atoms. The third-order valence-corrected chi connectivity index (χ3v) is 3.25. The van der Waals surface area contributed by atoms with Crippen molar-refractivity contribution in [1.29, 1.82) is 0 Å². The smallest absolute Gasteiger partial charge is 0.119 e. The second-order valence-electron chi connectivity index (χ2n) is 6.01. The van der Waals surface area contributed by atoms with Crippen molar-refractivity contribution < 1.29 is 9.84 Å². The molecule has 1 unspecified atom stereocenters. The van der Waals surface area contributed by atoms with Gasteiger partial charge in [0.2, 0.25) is 0 Å². The number of aliphatic hydroxyl groups is 1. The fraction of sp³-hybridized carbons (Fsp3) is 0.600. The zero-order valence-electron chi connectivity index (χ0n) is 11.7. The molecule has 0 saturated heterocycles. The summed E-state index contributed by atoms with van der Waals surface area (Å²) in [6.07, 6.45) is 0.170. The van der Waals surface area contributed by atoms with Gasteiger partial charge in [0.05, 0.1) is 11.7 Å². The maximum absolute atomic E-state index is 10.6. The van der Waals surface area contributed by atoms with E-state index in [2.05, 4.69) is 0 Å². The minimum atomic E-state index is -0.844. The zero-order chi connectivity index (χ0) is 13.3. The van der Waals surface area contributed by atoms with Crippen molar-refractivity contribution in [2.45, 2.75) is 53.2 Å². The van der Waals surface area contributed by atoms with Gasteiger partial charge in [0.1, 0.15) is 5.75 Å². The van der Waals surface area contributed by atoms with Gasteiger partial charge in [-0.25, -0.2) is 0 Å². The van der Waals surface area contributed by atoms with E-state index in [1.807, 2.05) is 65.8 Å². The molecule has 1 aromatic rings. The summed E-state index contributed by atoms with van der Waals surface area (Å²) >= 11 is 0. The first kappa shape index (κ1) is 14.0. The van der Waals surface area contributed by atoms with Crippen molar-refractivity contribution >= 4 is 0 Å². The summed E-state index contributed by atoms with van der Waals surface area (Å²) < 4.78 is 5.59. The number of hydrogen-bond acceptors (Lipinski definition) is 2. The highest BCUT2D eigenvalue weighted by molar-refractivity contribution is 5.31. The molecular formula is C15H24O2. The molecule has 1 aromatic carbocycles. The molecule has 2 nitrogen and oxygen atoms in total. The van der Waals surface area contributed by atoms with E-state index >= 15 is 0 Å². The highest BCUT2D eigenvalue weighted by Gasteiger charge is 2.36. The summed E-state index contributed by atoms with van der Waals surface area (Å²) in [5, 5.41) is 10.6. The van der Waals surface area contributed by atoms with Gasteiger partial charge in [-0.05, 0) is 43.9 Å². The molecule has 0 aliphatic carbocycles. The van der Waals surface area contributed by atoms with Gasteiger partial charge in [-0.3, -0.25) is 0 Å². The van der Waals surface area contributed by atoms with Crippen LogP contribution in [0.25, 0.3) is 0 Å². The second-order valence-corrected chi connectivity index (χ2v) is 6.01. The van der Waals surface area contributed by atoms with Crippen LogP contribution in [0.3, 0.4) is 0 Å². The van der Waals surface area contributed by atoms with E-state index in [4.69, 9.17) is 4.74 Å². The first-order chi connectivity index (χ1) is 7.64. The van der Waals surface area contributed by atoms with E-state index in [1.165, 1.54) is 0 Å². The highest BCUT2D eigenvalue weighted by atomic mass is 16.5. The van der Waals surface area contributed by atoms with E-state index in [9.17, 15) is 5.11 Å². The molecule has 17 heavy (non-hydrogen) atoms. The summed E-state index contributed by atoms with van der Waals surface area (Å²) in [6.45, 7) is 12.0. The number of ether oxygens (including phenoxy) is 1. The number of rotatable bonds is 3. The van der Waals surface area contributed by atoms with Crippen LogP contribution >= 0.6 is 0 Å². The predicted octanol–water partition coefficient (Wildman–Crippen LogP) is 3.73. The average molecular weight is 236 g/mol. The van der Waals surface area contributed by atoms with Crippen molar-refractivity contribution in [2.75, 3.05) is 0 Å². The van der Waals surface area contributed by atoms with Gasteiger partial charge in [0.15, 0.2) is 0 Å². The highest BCUT2D eigenvalue weighted by Crippen LogP contribution is 2.39. The molecular weight excluding hydrogens is 212 g/mol. The van der Waals surface area contributed by atoms with Crippen LogP contribution in [0.15, 0.2) is 24.3 Å². The molecule has 0 radical (unpaired) electrons. The monoisotopic (exact) mass is 236 g/mol. The van der Waals surface area contributed by atoms with Gasteiger partial charge in [-0.15, -0.1) is 0 Å². The lowest BCUT2D eigenvalue weighted by Crippen LogP contribution is -2.36. The van der Waals surface area contributed by atoms with Crippen LogP contribution < -0.4 is 4.74 Å². The zero-order valence-corrected chi connectivity index (χ0v) is 11.7. The minimum Gasteiger partial charge on any atom is -0.491 e. The van der Waals surface area contributed by atoms with Crippen LogP contribution in [0.2, 0.25) is 0 Å². The predicted molar refractivity (Wildman–Crippen MR) is 71.2 cm³/mol. The van der Waals surface area contributed by atoms with Crippen LogP contribution in [0.4, 0.5) is 0 Å². The Morgan fingerprint density at radius 2 is 1.47 bits per heavy atom. The standard InChI is InChI=1S/C15H24O2/c1-11(2)17-13-9-7-12(8-10-13)15(6,16)14(3,4)5/h7-11,16H,1-6H3. The largest absolute Gasteiger partial charge is 0.491 e. The van der Waals surface area contributed by atoms with Gasteiger partial charge >= 0.3 is 0 Å². The summed E-state index contributed by atoms with van der Waals surface area (Å²) in [4.78, 5) is 0. The van der Waals surface area contributed by atoms with Crippen LogP contribution in [-0.4, -0.2) is 11.2 Å². The Morgan fingerprint density at radius 1 is 1.00 bits per heavy atom. The lowest BCUT2D eigenvalue weighted by atomic mass is 9.73. The molecule has 0 aliphatic rings. The summed E-state index contributed by atoms with van der Waals surface area (Å²) in [6, 6.07) is 7.69. The molecule has 0 saturated carbocycles. The van der Waals surface area contributed by atoms with Gasteiger partial charge in [-0.2, -0.15) is 0 Å². The molecule has 1 N–H and O–H groups in total. The molecule has 1 rings (SSSR count). The Kier molecular flexibility index (Phi) is 3.88. The van der Waals surface area contributed by atoms with Crippen LogP contribution in [0.1, 0.15) is 47.1 Å². The molecule has 96 valence electrons. The third kappa shape index (κ3) is 3.22. The Bertz CT molecular complexity index is 356. The second kappa shape index (κ2) is 4.69. The van der Waals surface area contributed by atoms with Crippen LogP contribution in [0.5, 0.6) is 5.75 Å². The maximum Gasteiger partial charge on any atom is 0.119 e. The Morgan fingerprint density at radius 3 is 1.82 bits per heavy atom. The fourth-order valence-electron chi connectivity index (χ4n) is 1.56. The normalized spacial score (nSPS) is 15.8.